The number of carbonyl (C=O) groups is 1. The van der Waals surface area contributed by atoms with Crippen molar-refractivity contribution in [3.63, 3.8) is 0 Å². The predicted octanol–water partition coefficient (Wildman–Crippen LogP) is 2.28. The quantitative estimate of drug-likeness (QED) is 0.831. The molecule has 0 aliphatic rings. The third-order valence-electron chi connectivity index (χ3n) is 2.46. The molecule has 0 fully saturated rings. The Kier molecular flexibility index (Phi) is 3.88. The largest absolute Gasteiger partial charge is 0.270 e. The Hall–Kier alpha value is -1.95. The summed E-state index contributed by atoms with van der Waals surface area (Å²) in [5, 5.41) is 6.76. The number of carbonyl (C=O) groups excluding carboxylic acids is 1. The number of hydrogen-bond donors (Lipinski definition) is 2. The van der Waals surface area contributed by atoms with Crippen molar-refractivity contribution in [2.45, 2.75) is 19.8 Å². The van der Waals surface area contributed by atoms with Crippen molar-refractivity contribution in [1.82, 2.24) is 14.9 Å². The Morgan fingerprint density at radius 3 is 2.83 bits per heavy atom. The van der Waals surface area contributed by atoms with E-state index in [9.17, 15) is 4.79 Å². The van der Waals surface area contributed by atoms with E-state index in [1.165, 1.54) is 4.68 Å². The van der Waals surface area contributed by atoms with Gasteiger partial charge in [-0.25, -0.2) is 4.68 Å². The maximum absolute atomic E-state index is 12.0. The Morgan fingerprint density at radius 2 is 2.17 bits per heavy atom. The van der Waals surface area contributed by atoms with Crippen molar-refractivity contribution in [3.8, 4) is 0 Å². The fraction of sp³-hybridized carbons (Fsp3) is 0.250. The topological polar surface area (TPSA) is 62.7 Å². The van der Waals surface area contributed by atoms with Gasteiger partial charge < -0.3 is 0 Å². The highest BCUT2D eigenvalue weighted by molar-refractivity contribution is 7.71. The normalized spacial score (nSPS) is 10.3. The molecule has 0 saturated heterocycles. The monoisotopic (exact) mass is 262 g/mol. The van der Waals surface area contributed by atoms with Crippen LogP contribution >= 0.6 is 12.2 Å². The number of aryl methyl sites for hydroxylation is 1. The lowest BCUT2D eigenvalue weighted by atomic mass is 10.2. The minimum absolute atomic E-state index is 0.203. The van der Waals surface area contributed by atoms with Crippen LogP contribution in [0.3, 0.4) is 0 Å². The van der Waals surface area contributed by atoms with Crippen molar-refractivity contribution < 1.29 is 4.79 Å². The molecular formula is C12H14N4OS. The van der Waals surface area contributed by atoms with Crippen LogP contribution in [0.4, 0.5) is 0 Å². The minimum Gasteiger partial charge on any atom is -0.267 e. The standard InChI is InChI=1S/C12H14N4OS/c1-2-6-10-13-14-12(18)16(10)15-11(17)9-7-4-3-5-8-9/h3-5,7-8H,2,6H2,1H3,(H,14,18)(H,15,17). The van der Waals surface area contributed by atoms with Crippen LogP contribution in [0.1, 0.15) is 29.5 Å². The van der Waals surface area contributed by atoms with Crippen LogP contribution in [-0.4, -0.2) is 20.8 Å². The Morgan fingerprint density at radius 1 is 1.44 bits per heavy atom. The number of aromatic amines is 1. The molecule has 94 valence electrons. The van der Waals surface area contributed by atoms with Gasteiger partial charge in [0.2, 0.25) is 4.77 Å². The fourth-order valence-electron chi connectivity index (χ4n) is 1.59. The summed E-state index contributed by atoms with van der Waals surface area (Å²) >= 11 is 5.09. The molecule has 0 aliphatic heterocycles. The van der Waals surface area contributed by atoms with Crippen LogP contribution in [0.2, 0.25) is 0 Å². The molecule has 0 spiro atoms. The molecule has 0 saturated carbocycles. The number of nitrogens with one attached hydrogen (secondary N) is 2. The van der Waals surface area contributed by atoms with Crippen molar-refractivity contribution in [1.29, 1.82) is 0 Å². The van der Waals surface area contributed by atoms with E-state index in [0.29, 0.717) is 10.3 Å². The van der Waals surface area contributed by atoms with Crippen molar-refractivity contribution >= 4 is 18.1 Å². The third kappa shape index (κ3) is 2.65. The molecule has 2 rings (SSSR count). The van der Waals surface area contributed by atoms with E-state index in [4.69, 9.17) is 12.2 Å². The molecule has 18 heavy (non-hydrogen) atoms. The summed E-state index contributed by atoms with van der Waals surface area (Å²) in [5.74, 6) is 0.525. The van der Waals surface area contributed by atoms with Crippen LogP contribution in [0.15, 0.2) is 30.3 Å². The second kappa shape index (κ2) is 5.59. The number of aromatic nitrogens is 3. The summed E-state index contributed by atoms with van der Waals surface area (Å²) in [5.41, 5.74) is 3.33. The number of nitrogens with zero attached hydrogens (tertiary/aromatic N) is 2. The van der Waals surface area contributed by atoms with Crippen LogP contribution in [0.5, 0.6) is 0 Å². The van der Waals surface area contributed by atoms with Gasteiger partial charge in [0.1, 0.15) is 0 Å². The van der Waals surface area contributed by atoms with E-state index in [0.717, 1.165) is 18.7 Å². The van der Waals surface area contributed by atoms with Crippen LogP contribution in [-0.2, 0) is 6.42 Å². The number of rotatable bonds is 4. The van der Waals surface area contributed by atoms with E-state index in [-0.39, 0.29) is 5.91 Å². The molecule has 0 radical (unpaired) electrons. The summed E-state index contributed by atoms with van der Waals surface area (Å²) in [6.07, 6.45) is 1.68. The second-order valence-electron chi connectivity index (χ2n) is 3.84. The van der Waals surface area contributed by atoms with Gasteiger partial charge in [-0.3, -0.25) is 15.3 Å². The first-order chi connectivity index (χ1) is 8.72. The second-order valence-corrected chi connectivity index (χ2v) is 4.22. The van der Waals surface area contributed by atoms with Gasteiger partial charge in [0.05, 0.1) is 0 Å². The third-order valence-corrected chi connectivity index (χ3v) is 2.74. The van der Waals surface area contributed by atoms with E-state index in [2.05, 4.69) is 15.6 Å². The lowest BCUT2D eigenvalue weighted by Gasteiger charge is -2.07. The van der Waals surface area contributed by atoms with Gasteiger partial charge in [-0.1, -0.05) is 25.1 Å². The highest BCUT2D eigenvalue weighted by Crippen LogP contribution is 2.02. The van der Waals surface area contributed by atoms with E-state index < -0.39 is 0 Å². The van der Waals surface area contributed by atoms with Gasteiger partial charge >= 0.3 is 0 Å². The summed E-state index contributed by atoms with van der Waals surface area (Å²) < 4.78 is 1.91. The number of hydrogen-bond acceptors (Lipinski definition) is 3. The SMILES string of the molecule is CCCc1n[nH]c(=S)n1NC(=O)c1ccccc1. The zero-order valence-electron chi connectivity index (χ0n) is 10.0. The molecule has 2 aromatic rings. The molecule has 0 unspecified atom stereocenters. The van der Waals surface area contributed by atoms with Crippen molar-refractivity contribution in [2.75, 3.05) is 5.43 Å². The zero-order chi connectivity index (χ0) is 13.0. The Balaban J connectivity index is 2.22. The van der Waals surface area contributed by atoms with Crippen LogP contribution < -0.4 is 5.43 Å². The molecule has 1 amide bonds. The van der Waals surface area contributed by atoms with Crippen molar-refractivity contribution in [2.24, 2.45) is 0 Å². The van der Waals surface area contributed by atoms with Gasteiger partial charge in [-0.15, -0.1) is 0 Å². The molecule has 1 aromatic carbocycles. The summed E-state index contributed by atoms with van der Waals surface area (Å²) in [4.78, 5) is 12.0. The number of H-pyrrole nitrogens is 1. The van der Waals surface area contributed by atoms with Crippen LogP contribution in [0, 0.1) is 4.77 Å². The van der Waals surface area contributed by atoms with E-state index in [1.807, 2.05) is 25.1 Å². The number of amides is 1. The summed E-state index contributed by atoms with van der Waals surface area (Å²) in [6.45, 7) is 2.04. The molecule has 6 heteroatoms. The summed E-state index contributed by atoms with van der Waals surface area (Å²) in [6, 6.07) is 8.99. The molecule has 1 heterocycles. The maximum atomic E-state index is 12.0. The molecular weight excluding hydrogens is 248 g/mol. The van der Waals surface area contributed by atoms with Gasteiger partial charge in [0.25, 0.3) is 5.91 Å². The smallest absolute Gasteiger partial charge is 0.267 e. The molecule has 0 bridgehead atoms. The van der Waals surface area contributed by atoms with Gasteiger partial charge in [-0.05, 0) is 30.8 Å². The first kappa shape index (κ1) is 12.5. The van der Waals surface area contributed by atoms with Gasteiger partial charge in [0, 0.05) is 12.0 Å². The first-order valence-corrected chi connectivity index (χ1v) is 6.16. The van der Waals surface area contributed by atoms with Crippen molar-refractivity contribution in [3.05, 3.63) is 46.5 Å². The van der Waals surface area contributed by atoms with Crippen LogP contribution in [0.25, 0.3) is 0 Å². The Labute approximate surface area is 110 Å². The highest BCUT2D eigenvalue weighted by atomic mass is 32.1. The molecule has 1 aromatic heterocycles. The number of benzene rings is 1. The zero-order valence-corrected chi connectivity index (χ0v) is 10.8. The highest BCUT2D eigenvalue weighted by Gasteiger charge is 2.10. The average molecular weight is 262 g/mol. The molecule has 0 atom stereocenters. The first-order valence-electron chi connectivity index (χ1n) is 5.75. The lowest BCUT2D eigenvalue weighted by molar-refractivity contribution is 0.101. The van der Waals surface area contributed by atoms with E-state index >= 15 is 0 Å². The maximum Gasteiger partial charge on any atom is 0.270 e. The molecule has 5 nitrogen and oxygen atoms in total. The summed E-state index contributed by atoms with van der Waals surface area (Å²) in [7, 11) is 0. The van der Waals surface area contributed by atoms with Gasteiger partial charge in [0.15, 0.2) is 5.82 Å². The fourth-order valence-corrected chi connectivity index (χ4v) is 1.79. The van der Waals surface area contributed by atoms with Gasteiger partial charge in [-0.2, -0.15) is 5.10 Å². The average Bonchev–Trinajstić information content (AvgIpc) is 2.73. The molecule has 0 aliphatic carbocycles. The Bertz CT molecular complexity index is 588. The molecule has 2 N–H and O–H groups in total. The minimum atomic E-state index is -0.203. The van der Waals surface area contributed by atoms with E-state index in [1.54, 1.807) is 12.1 Å². The predicted molar refractivity (Wildman–Crippen MR) is 71.5 cm³/mol. The lowest BCUT2D eigenvalue weighted by Crippen LogP contribution is -2.24.